The Balaban J connectivity index is 3.47. The second-order valence-electron chi connectivity index (χ2n) is 1.80. The monoisotopic (exact) mass is 212 g/mol. The summed E-state index contributed by atoms with van der Waals surface area (Å²) in [7, 11) is -2.45. The molecule has 0 radical (unpaired) electrons. The van der Waals surface area contributed by atoms with E-state index in [4.69, 9.17) is 13.7 Å². The summed E-state index contributed by atoms with van der Waals surface area (Å²) < 4.78 is 14.2. The van der Waals surface area contributed by atoms with E-state index in [1.54, 1.807) is 20.8 Å². The average molecular weight is 212 g/mol. The fourth-order valence-electron chi connectivity index (χ4n) is 0.419. The van der Waals surface area contributed by atoms with Crippen molar-refractivity contribution in [2.45, 2.75) is 20.8 Å². The molecule has 0 aliphatic rings. The van der Waals surface area contributed by atoms with E-state index < -0.39 is 9.53 Å². The summed E-state index contributed by atoms with van der Waals surface area (Å²) in [6, 6.07) is 0. The predicted octanol–water partition coefficient (Wildman–Crippen LogP) is 0.608. The lowest BCUT2D eigenvalue weighted by Crippen LogP contribution is -2.27. The molecule has 0 saturated carbocycles. The minimum Gasteiger partial charge on any atom is -0.244 e. The highest BCUT2D eigenvalue weighted by molar-refractivity contribution is 6.35. The smallest absolute Gasteiger partial charge is 0.244 e. The van der Waals surface area contributed by atoms with Gasteiger partial charge in [-0.3, -0.25) is 0 Å². The molecule has 0 spiro atoms. The highest BCUT2D eigenvalue weighted by Gasteiger charge is 2.19. The van der Waals surface area contributed by atoms with Gasteiger partial charge in [-0.2, -0.15) is 0 Å². The second-order valence-corrected chi connectivity index (χ2v) is 2.95. The van der Waals surface area contributed by atoms with E-state index in [1.165, 1.54) is 0 Å². The van der Waals surface area contributed by atoms with Gasteiger partial charge in [-0.15, -0.1) is 0 Å². The summed E-state index contributed by atoms with van der Waals surface area (Å²) in [6.07, 6.45) is 0. The Hall–Kier alpha value is -0.0231. The van der Waals surface area contributed by atoms with E-state index in [2.05, 4.69) is 14.7 Å². The Morgan fingerprint density at radius 2 is 1.00 bits per heavy atom. The van der Waals surface area contributed by atoms with Gasteiger partial charge < -0.3 is 0 Å². The van der Waals surface area contributed by atoms with Gasteiger partial charge in [0, 0.05) is 0 Å². The third kappa shape index (κ3) is 8.31. The highest BCUT2D eigenvalue weighted by atomic mass is 28.3. The van der Waals surface area contributed by atoms with Crippen LogP contribution in [0.5, 0.6) is 0 Å². The van der Waals surface area contributed by atoms with Crippen molar-refractivity contribution >= 4 is 9.53 Å². The summed E-state index contributed by atoms with van der Waals surface area (Å²) in [5.74, 6) is 0. The fourth-order valence-corrected chi connectivity index (χ4v) is 1.26. The Morgan fingerprint density at radius 3 is 1.23 bits per heavy atom. The van der Waals surface area contributed by atoms with Crippen molar-refractivity contribution in [1.82, 2.24) is 0 Å². The van der Waals surface area contributed by atoms with Crippen molar-refractivity contribution in [3.63, 3.8) is 0 Å². The van der Waals surface area contributed by atoms with Crippen LogP contribution < -0.4 is 0 Å². The highest BCUT2D eigenvalue weighted by Crippen LogP contribution is 1.95. The molecule has 0 saturated heterocycles. The molecule has 0 aliphatic carbocycles. The Bertz CT molecular complexity index is 84.1. The third-order valence-corrected chi connectivity index (χ3v) is 1.67. The SMILES string of the molecule is CCOO[SiH](OOCC)OOCC. The lowest BCUT2D eigenvalue weighted by molar-refractivity contribution is -0.344. The van der Waals surface area contributed by atoms with Crippen LogP contribution in [0.2, 0.25) is 0 Å². The van der Waals surface area contributed by atoms with Crippen LogP contribution in [0, 0.1) is 0 Å². The molecule has 80 valence electrons. The molecule has 0 atom stereocenters. The van der Waals surface area contributed by atoms with Crippen LogP contribution in [-0.4, -0.2) is 29.3 Å². The maximum absolute atomic E-state index is 4.74. The van der Waals surface area contributed by atoms with Gasteiger partial charge in [0.1, 0.15) is 0 Å². The number of rotatable bonds is 9. The van der Waals surface area contributed by atoms with Gasteiger partial charge >= 0.3 is 9.53 Å². The molecule has 6 nitrogen and oxygen atoms in total. The zero-order valence-electron chi connectivity index (χ0n) is 8.15. The van der Waals surface area contributed by atoms with Gasteiger partial charge in [-0.1, -0.05) is 0 Å². The third-order valence-electron chi connectivity index (χ3n) is 0.793. The maximum atomic E-state index is 4.74. The van der Waals surface area contributed by atoms with Crippen molar-refractivity contribution in [3.05, 3.63) is 0 Å². The fraction of sp³-hybridized carbons (Fsp3) is 1.00. The molecular weight excluding hydrogens is 196 g/mol. The molecule has 0 amide bonds. The lowest BCUT2D eigenvalue weighted by Gasteiger charge is -2.11. The van der Waals surface area contributed by atoms with E-state index in [-0.39, 0.29) is 0 Å². The first-order chi connectivity index (χ1) is 6.35. The molecule has 13 heavy (non-hydrogen) atoms. The van der Waals surface area contributed by atoms with Crippen LogP contribution in [0.4, 0.5) is 0 Å². The first-order valence-corrected chi connectivity index (χ1v) is 5.61. The Labute approximate surface area is 79.4 Å². The quantitative estimate of drug-likeness (QED) is 0.317. The van der Waals surface area contributed by atoms with Crippen molar-refractivity contribution in [2.75, 3.05) is 19.8 Å². The topological polar surface area (TPSA) is 55.4 Å². The van der Waals surface area contributed by atoms with Gasteiger partial charge in [0.2, 0.25) is 0 Å². The first-order valence-electron chi connectivity index (χ1n) is 4.19. The van der Waals surface area contributed by atoms with Gasteiger partial charge in [-0.25, -0.2) is 28.4 Å². The minimum absolute atomic E-state index is 0.411. The van der Waals surface area contributed by atoms with Crippen molar-refractivity contribution in [1.29, 1.82) is 0 Å². The Morgan fingerprint density at radius 1 is 0.692 bits per heavy atom. The molecule has 0 aromatic rings. The van der Waals surface area contributed by atoms with Gasteiger partial charge in [0.15, 0.2) is 0 Å². The molecule has 0 aromatic carbocycles. The van der Waals surface area contributed by atoms with E-state index in [0.717, 1.165) is 0 Å². The van der Waals surface area contributed by atoms with Crippen LogP contribution in [-0.2, 0) is 28.4 Å². The molecule has 0 rings (SSSR count). The van der Waals surface area contributed by atoms with Crippen LogP contribution in [0.1, 0.15) is 20.8 Å². The standard InChI is InChI=1S/C6H16O6Si/c1-4-7-10-13(11-8-5-2)12-9-6-3/h13H,4-6H2,1-3H3. The summed E-state index contributed by atoms with van der Waals surface area (Å²) >= 11 is 0. The summed E-state index contributed by atoms with van der Waals surface area (Å²) in [5, 5.41) is 0. The minimum atomic E-state index is -2.45. The largest absolute Gasteiger partial charge is 0.568 e. The second kappa shape index (κ2) is 10.1. The normalized spacial score (nSPS) is 11.1. The van der Waals surface area contributed by atoms with Crippen molar-refractivity contribution < 1.29 is 28.4 Å². The van der Waals surface area contributed by atoms with E-state index in [0.29, 0.717) is 19.8 Å². The molecule has 0 heterocycles. The van der Waals surface area contributed by atoms with Crippen LogP contribution in [0.25, 0.3) is 0 Å². The number of hydrogen-bond donors (Lipinski definition) is 0. The number of hydrogen-bond acceptors (Lipinski definition) is 6. The molecular formula is C6H16O6Si. The zero-order valence-corrected chi connectivity index (χ0v) is 9.30. The molecule has 0 bridgehead atoms. The van der Waals surface area contributed by atoms with Crippen molar-refractivity contribution in [3.8, 4) is 0 Å². The van der Waals surface area contributed by atoms with Crippen LogP contribution in [0.15, 0.2) is 0 Å². The van der Waals surface area contributed by atoms with E-state index in [9.17, 15) is 0 Å². The predicted molar refractivity (Wildman–Crippen MR) is 45.3 cm³/mol. The lowest BCUT2D eigenvalue weighted by atomic mass is 10.9. The Kier molecular flexibility index (Phi) is 10.0. The maximum Gasteiger partial charge on any atom is 0.568 e. The van der Waals surface area contributed by atoms with Gasteiger partial charge in [0.05, 0.1) is 19.8 Å². The average Bonchev–Trinajstić information content (AvgIpc) is 2.17. The molecule has 0 aliphatic heterocycles. The van der Waals surface area contributed by atoms with Gasteiger partial charge in [0.25, 0.3) is 0 Å². The summed E-state index contributed by atoms with van der Waals surface area (Å²) in [5.41, 5.74) is 0. The van der Waals surface area contributed by atoms with Crippen LogP contribution in [0.3, 0.4) is 0 Å². The molecule has 0 aromatic heterocycles. The molecule has 7 heteroatoms. The summed E-state index contributed by atoms with van der Waals surface area (Å²) in [4.78, 5) is 13.9. The van der Waals surface area contributed by atoms with E-state index >= 15 is 0 Å². The van der Waals surface area contributed by atoms with Gasteiger partial charge in [-0.05, 0) is 20.8 Å². The zero-order chi connectivity index (χ0) is 9.94. The molecule has 0 unspecified atom stereocenters. The van der Waals surface area contributed by atoms with Crippen LogP contribution >= 0.6 is 0 Å². The summed E-state index contributed by atoms with van der Waals surface area (Å²) in [6.45, 7) is 6.59. The van der Waals surface area contributed by atoms with Crippen molar-refractivity contribution in [2.24, 2.45) is 0 Å². The first kappa shape index (κ1) is 13.0. The molecule has 0 N–H and O–H groups in total. The molecule has 0 fully saturated rings. The van der Waals surface area contributed by atoms with E-state index in [1.807, 2.05) is 0 Å².